The third-order valence-electron chi connectivity index (χ3n) is 3.78. The smallest absolute Gasteiger partial charge is 0.344 e. The zero-order valence-corrected chi connectivity index (χ0v) is 17.5. The molecule has 0 aliphatic carbocycles. The molecular formula is C21H28ClNO7. The Balaban J connectivity index is 0.000000382. The highest BCUT2D eigenvalue weighted by Crippen LogP contribution is 2.25. The number of ether oxygens (including phenoxy) is 2. The van der Waals surface area contributed by atoms with Gasteiger partial charge in [0, 0.05) is 24.7 Å². The molecule has 0 aromatic heterocycles. The highest BCUT2D eigenvalue weighted by Gasteiger charge is 2.12. The lowest BCUT2D eigenvalue weighted by atomic mass is 10.3. The van der Waals surface area contributed by atoms with Gasteiger partial charge in [-0.2, -0.15) is 0 Å². The first kappa shape index (κ1) is 25.7. The zero-order chi connectivity index (χ0) is 22.4. The number of carboxylic acids is 1. The van der Waals surface area contributed by atoms with Crippen LogP contribution >= 0.6 is 11.6 Å². The lowest BCUT2D eigenvalue weighted by Crippen LogP contribution is -2.32. The maximum Gasteiger partial charge on any atom is 0.344 e. The summed E-state index contributed by atoms with van der Waals surface area (Å²) in [5.74, 6) is 0.763. The molecule has 4 N–H and O–H groups in total. The maximum atomic E-state index is 10.7. The second-order valence-corrected chi connectivity index (χ2v) is 6.57. The van der Waals surface area contributed by atoms with E-state index in [1.807, 2.05) is 0 Å². The summed E-state index contributed by atoms with van der Waals surface area (Å²) < 4.78 is 10.8. The van der Waals surface area contributed by atoms with E-state index in [0.29, 0.717) is 41.9 Å². The van der Waals surface area contributed by atoms with Crippen LogP contribution in [0.4, 0.5) is 0 Å². The molecule has 8 nitrogen and oxygen atoms in total. The molecule has 0 saturated carbocycles. The fraction of sp³-hybridized carbons (Fsp3) is 0.381. The lowest BCUT2D eigenvalue weighted by molar-refractivity contribution is -0.144. The number of nitrogens with zero attached hydrogens (tertiary/aromatic N) is 1. The number of carboxylic acid groups (broad SMARTS) is 1. The fourth-order valence-corrected chi connectivity index (χ4v) is 2.37. The quantitative estimate of drug-likeness (QED) is 0.419. The van der Waals surface area contributed by atoms with E-state index in [2.05, 4.69) is 0 Å². The van der Waals surface area contributed by atoms with Crippen LogP contribution < -0.4 is 9.47 Å². The average Bonchev–Trinajstić information content (AvgIpc) is 2.72. The van der Waals surface area contributed by atoms with Crippen molar-refractivity contribution in [3.8, 4) is 17.2 Å². The summed E-state index contributed by atoms with van der Waals surface area (Å²) in [6.45, 7) is 3.23. The summed E-state index contributed by atoms with van der Waals surface area (Å²) >= 11 is 5.79. The van der Waals surface area contributed by atoms with Crippen molar-refractivity contribution in [2.75, 3.05) is 39.5 Å². The number of aliphatic carboxylic acids is 1. The maximum absolute atomic E-state index is 10.7. The molecule has 0 heterocycles. The van der Waals surface area contributed by atoms with Crippen LogP contribution in [0.25, 0.3) is 0 Å². The van der Waals surface area contributed by atoms with E-state index in [0.717, 1.165) is 0 Å². The molecular weight excluding hydrogens is 414 g/mol. The van der Waals surface area contributed by atoms with E-state index in [-0.39, 0.29) is 19.8 Å². The van der Waals surface area contributed by atoms with Crippen molar-refractivity contribution in [1.82, 2.24) is 4.90 Å². The van der Waals surface area contributed by atoms with Crippen molar-refractivity contribution >= 4 is 17.6 Å². The molecule has 2 aromatic carbocycles. The molecule has 0 spiro atoms. The molecule has 0 saturated heterocycles. The van der Waals surface area contributed by atoms with Gasteiger partial charge in [-0.15, -0.1) is 0 Å². The molecule has 0 aliphatic rings. The Hall–Kier alpha value is -2.36. The topological polar surface area (TPSA) is 120 Å². The minimum atomic E-state index is -1.01. The second-order valence-electron chi connectivity index (χ2n) is 6.14. The Morgan fingerprint density at radius 3 is 1.67 bits per heavy atom. The van der Waals surface area contributed by atoms with Crippen molar-refractivity contribution < 1.29 is 34.7 Å². The third-order valence-corrected chi connectivity index (χ3v) is 4.03. The predicted octanol–water partition coefficient (Wildman–Crippen LogP) is 2.25. The van der Waals surface area contributed by atoms with Gasteiger partial charge in [-0.3, -0.25) is 4.90 Å². The number of benzene rings is 2. The first-order chi connectivity index (χ1) is 14.4. The molecule has 30 heavy (non-hydrogen) atoms. The summed E-state index contributed by atoms with van der Waals surface area (Å²) in [5, 5.41) is 34.9. The number of hydrogen-bond donors (Lipinski definition) is 4. The van der Waals surface area contributed by atoms with E-state index in [1.165, 1.54) is 6.92 Å². The van der Waals surface area contributed by atoms with Crippen LogP contribution in [0.5, 0.6) is 17.2 Å². The Morgan fingerprint density at radius 1 is 0.867 bits per heavy atom. The van der Waals surface area contributed by atoms with Crippen LogP contribution in [0.2, 0.25) is 5.02 Å². The number of hydrogen-bond acceptors (Lipinski definition) is 7. The number of halogens is 1. The highest BCUT2D eigenvalue weighted by atomic mass is 35.5. The van der Waals surface area contributed by atoms with Crippen molar-refractivity contribution in [2.24, 2.45) is 0 Å². The van der Waals surface area contributed by atoms with Gasteiger partial charge in [-0.05, 0) is 55.5 Å². The first-order valence-electron chi connectivity index (χ1n) is 9.37. The molecule has 0 aliphatic heterocycles. The average molecular weight is 442 g/mol. The summed E-state index contributed by atoms with van der Waals surface area (Å²) in [6.07, 6.45) is -0.891. The van der Waals surface area contributed by atoms with Crippen LogP contribution in [0.1, 0.15) is 6.92 Å². The standard InChI is InChI=1S/C15H13ClO4.C6H15NO3/c1-10(15(17)18)19-12-6-8-14(9-7-12)20-13-4-2-11(16)3-5-13;8-4-1-7(2-5-9)3-6-10/h2-10H,1H3,(H,17,18);8-10H,1-6H2. The van der Waals surface area contributed by atoms with Crippen molar-refractivity contribution in [3.63, 3.8) is 0 Å². The van der Waals surface area contributed by atoms with Crippen LogP contribution in [-0.2, 0) is 4.79 Å². The SMILES string of the molecule is CC(Oc1ccc(Oc2ccc(Cl)cc2)cc1)C(=O)O.OCCN(CCO)CCO. The molecule has 166 valence electrons. The van der Waals surface area contributed by atoms with Gasteiger partial charge >= 0.3 is 5.97 Å². The number of carbonyl (C=O) groups is 1. The molecule has 0 radical (unpaired) electrons. The minimum Gasteiger partial charge on any atom is -0.479 e. The lowest BCUT2D eigenvalue weighted by Gasteiger charge is -2.17. The summed E-state index contributed by atoms with van der Waals surface area (Å²) in [5.41, 5.74) is 0. The minimum absolute atomic E-state index is 0.0694. The molecule has 1 atom stereocenters. The molecule has 1 unspecified atom stereocenters. The second kappa shape index (κ2) is 14.6. The molecule has 2 aromatic rings. The van der Waals surface area contributed by atoms with Gasteiger partial charge < -0.3 is 29.9 Å². The monoisotopic (exact) mass is 441 g/mol. The van der Waals surface area contributed by atoms with Gasteiger partial charge in [0.05, 0.1) is 19.8 Å². The van der Waals surface area contributed by atoms with Gasteiger partial charge in [-0.25, -0.2) is 4.79 Å². The molecule has 9 heteroatoms. The van der Waals surface area contributed by atoms with Crippen LogP contribution in [-0.4, -0.2) is 76.9 Å². The Kier molecular flexibility index (Phi) is 12.5. The Bertz CT molecular complexity index is 711. The Morgan fingerprint density at radius 2 is 1.27 bits per heavy atom. The van der Waals surface area contributed by atoms with Crippen LogP contribution in [0, 0.1) is 0 Å². The van der Waals surface area contributed by atoms with E-state index in [4.69, 9.17) is 41.5 Å². The molecule has 2 rings (SSSR count). The summed E-state index contributed by atoms with van der Waals surface area (Å²) in [4.78, 5) is 12.5. The molecule has 0 amide bonds. The van der Waals surface area contributed by atoms with Crippen molar-refractivity contribution in [1.29, 1.82) is 0 Å². The fourth-order valence-electron chi connectivity index (χ4n) is 2.24. The van der Waals surface area contributed by atoms with Crippen molar-refractivity contribution in [3.05, 3.63) is 53.6 Å². The van der Waals surface area contributed by atoms with E-state index < -0.39 is 12.1 Å². The predicted molar refractivity (Wildman–Crippen MR) is 113 cm³/mol. The zero-order valence-electron chi connectivity index (χ0n) is 16.8. The third kappa shape index (κ3) is 10.4. The Labute approximate surface area is 180 Å². The summed E-state index contributed by atoms with van der Waals surface area (Å²) in [7, 11) is 0. The van der Waals surface area contributed by atoms with E-state index in [1.54, 1.807) is 53.4 Å². The van der Waals surface area contributed by atoms with Gasteiger partial charge in [0.15, 0.2) is 6.10 Å². The summed E-state index contributed by atoms with van der Waals surface area (Å²) in [6, 6.07) is 13.7. The molecule has 0 bridgehead atoms. The number of rotatable bonds is 11. The largest absolute Gasteiger partial charge is 0.479 e. The van der Waals surface area contributed by atoms with E-state index in [9.17, 15) is 4.79 Å². The van der Waals surface area contributed by atoms with Crippen LogP contribution in [0.3, 0.4) is 0 Å². The van der Waals surface area contributed by atoms with Gasteiger partial charge in [0.2, 0.25) is 0 Å². The van der Waals surface area contributed by atoms with Crippen LogP contribution in [0.15, 0.2) is 48.5 Å². The van der Waals surface area contributed by atoms with E-state index >= 15 is 0 Å². The normalized spacial score (nSPS) is 11.4. The van der Waals surface area contributed by atoms with Gasteiger partial charge in [-0.1, -0.05) is 11.6 Å². The highest BCUT2D eigenvalue weighted by molar-refractivity contribution is 6.30. The number of aliphatic hydroxyl groups is 3. The number of aliphatic hydroxyl groups excluding tert-OH is 3. The molecule has 0 fully saturated rings. The van der Waals surface area contributed by atoms with Gasteiger partial charge in [0.1, 0.15) is 17.2 Å². The first-order valence-corrected chi connectivity index (χ1v) is 9.75. The van der Waals surface area contributed by atoms with Crippen molar-refractivity contribution in [2.45, 2.75) is 13.0 Å². The van der Waals surface area contributed by atoms with Gasteiger partial charge in [0.25, 0.3) is 0 Å².